The topological polar surface area (TPSA) is 49.2 Å². The number of aromatic nitrogens is 3. The van der Waals surface area contributed by atoms with Gasteiger partial charge in [0.2, 0.25) is 0 Å². The van der Waals surface area contributed by atoms with Gasteiger partial charge < -0.3 is 9.47 Å². The van der Waals surface area contributed by atoms with Crippen LogP contribution in [0, 0.1) is 5.92 Å². The Morgan fingerprint density at radius 1 is 1.11 bits per heavy atom. The first kappa shape index (κ1) is 15.1. The molecule has 5 nitrogen and oxygen atoms in total. The van der Waals surface area contributed by atoms with Crippen LogP contribution < -0.4 is 0 Å². The van der Waals surface area contributed by atoms with Gasteiger partial charge in [-0.1, -0.05) is 19.1 Å². The third-order valence-corrected chi connectivity index (χ3v) is 2.55. The van der Waals surface area contributed by atoms with Gasteiger partial charge in [0.05, 0.1) is 26.0 Å². The van der Waals surface area contributed by atoms with E-state index in [2.05, 4.69) is 38.0 Å². The van der Waals surface area contributed by atoms with Crippen molar-refractivity contribution < 1.29 is 9.47 Å². The van der Waals surface area contributed by atoms with Crippen molar-refractivity contribution in [1.29, 1.82) is 0 Å². The number of nitrogens with zero attached hydrogens (tertiary/aromatic N) is 3. The van der Waals surface area contributed by atoms with Crippen LogP contribution in [0.1, 0.15) is 45.9 Å². The monoisotopic (exact) mass is 255 g/mol. The van der Waals surface area contributed by atoms with Gasteiger partial charge in [-0.25, -0.2) is 4.68 Å². The SMILES string of the molecule is CC(C)CCOCCOCc1cn(C(C)C)nn1. The second kappa shape index (κ2) is 8.21. The molecular weight excluding hydrogens is 230 g/mol. The molecule has 0 aliphatic heterocycles. The summed E-state index contributed by atoms with van der Waals surface area (Å²) in [6.07, 6.45) is 3.02. The summed E-state index contributed by atoms with van der Waals surface area (Å²) in [5, 5.41) is 8.06. The molecule has 104 valence electrons. The van der Waals surface area contributed by atoms with E-state index >= 15 is 0 Å². The third-order valence-electron chi connectivity index (χ3n) is 2.55. The molecule has 0 spiro atoms. The average molecular weight is 255 g/mol. The lowest BCUT2D eigenvalue weighted by Crippen LogP contribution is -2.06. The Hall–Kier alpha value is -0.940. The van der Waals surface area contributed by atoms with Crippen LogP contribution in [0.25, 0.3) is 0 Å². The third kappa shape index (κ3) is 6.12. The summed E-state index contributed by atoms with van der Waals surface area (Å²) in [5.74, 6) is 0.692. The highest BCUT2D eigenvalue weighted by molar-refractivity contribution is 4.90. The standard InChI is InChI=1S/C13H25N3O2/c1-11(2)5-6-17-7-8-18-10-13-9-16(12(3)4)15-14-13/h9,11-12H,5-8,10H2,1-4H3. The molecule has 0 atom stereocenters. The summed E-state index contributed by atoms with van der Waals surface area (Å²) in [4.78, 5) is 0. The van der Waals surface area contributed by atoms with Crippen LogP contribution in [0.5, 0.6) is 0 Å². The first-order chi connectivity index (χ1) is 8.59. The molecule has 1 rings (SSSR count). The van der Waals surface area contributed by atoms with Crippen LogP contribution in [-0.2, 0) is 16.1 Å². The molecule has 0 aliphatic rings. The fourth-order valence-corrected chi connectivity index (χ4v) is 1.35. The molecule has 1 aromatic rings. The Bertz CT molecular complexity index is 324. The molecule has 0 aliphatic carbocycles. The molecular formula is C13H25N3O2. The van der Waals surface area contributed by atoms with Gasteiger partial charge in [-0.15, -0.1) is 5.10 Å². The van der Waals surface area contributed by atoms with Gasteiger partial charge >= 0.3 is 0 Å². The zero-order valence-corrected chi connectivity index (χ0v) is 11.9. The molecule has 0 aromatic carbocycles. The van der Waals surface area contributed by atoms with E-state index in [0.717, 1.165) is 18.7 Å². The van der Waals surface area contributed by atoms with Crippen molar-refractivity contribution in [2.75, 3.05) is 19.8 Å². The quantitative estimate of drug-likeness (QED) is 0.636. The summed E-state index contributed by atoms with van der Waals surface area (Å²) < 4.78 is 12.8. The Labute approximate surface area is 109 Å². The molecule has 0 saturated heterocycles. The summed E-state index contributed by atoms with van der Waals surface area (Å²) in [6.45, 7) is 11.1. The van der Waals surface area contributed by atoms with Gasteiger partial charge in [-0.3, -0.25) is 0 Å². The fraction of sp³-hybridized carbons (Fsp3) is 0.846. The van der Waals surface area contributed by atoms with Crippen LogP contribution in [-0.4, -0.2) is 34.8 Å². The van der Waals surface area contributed by atoms with Crippen molar-refractivity contribution >= 4 is 0 Å². The van der Waals surface area contributed by atoms with Crippen molar-refractivity contribution in [1.82, 2.24) is 15.0 Å². The summed E-state index contributed by atoms with van der Waals surface area (Å²) in [5.41, 5.74) is 0.867. The van der Waals surface area contributed by atoms with Crippen LogP contribution in [0.15, 0.2) is 6.20 Å². The number of rotatable bonds is 9. The molecule has 0 bridgehead atoms. The van der Waals surface area contributed by atoms with Crippen LogP contribution in [0.2, 0.25) is 0 Å². The minimum Gasteiger partial charge on any atom is -0.379 e. The van der Waals surface area contributed by atoms with Crippen molar-refractivity contribution in [2.24, 2.45) is 5.92 Å². The second-order valence-electron chi connectivity index (χ2n) is 5.13. The summed E-state index contributed by atoms with van der Waals surface area (Å²) in [6, 6.07) is 0.339. The maximum atomic E-state index is 5.48. The average Bonchev–Trinajstić information content (AvgIpc) is 2.76. The Morgan fingerprint density at radius 2 is 1.83 bits per heavy atom. The predicted molar refractivity (Wildman–Crippen MR) is 70.3 cm³/mol. The first-order valence-corrected chi connectivity index (χ1v) is 6.65. The van der Waals surface area contributed by atoms with Gasteiger partial charge in [0.15, 0.2) is 0 Å². The van der Waals surface area contributed by atoms with E-state index in [4.69, 9.17) is 9.47 Å². The predicted octanol–water partition coefficient (Wildman–Crippen LogP) is 2.44. The number of ether oxygens (including phenoxy) is 2. The van der Waals surface area contributed by atoms with Crippen molar-refractivity contribution in [3.05, 3.63) is 11.9 Å². The Balaban J connectivity index is 2.03. The molecule has 0 N–H and O–H groups in total. The minimum atomic E-state index is 0.339. The van der Waals surface area contributed by atoms with Crippen LogP contribution in [0.3, 0.4) is 0 Å². The Kier molecular flexibility index (Phi) is 6.90. The van der Waals surface area contributed by atoms with Crippen molar-refractivity contribution in [2.45, 2.75) is 46.8 Å². The molecule has 1 heterocycles. The number of hydrogen-bond acceptors (Lipinski definition) is 4. The highest BCUT2D eigenvalue weighted by Crippen LogP contribution is 2.03. The van der Waals surface area contributed by atoms with Crippen molar-refractivity contribution in [3.63, 3.8) is 0 Å². The largest absolute Gasteiger partial charge is 0.379 e. The van der Waals surface area contributed by atoms with Crippen molar-refractivity contribution in [3.8, 4) is 0 Å². The zero-order valence-electron chi connectivity index (χ0n) is 11.9. The maximum Gasteiger partial charge on any atom is 0.108 e. The molecule has 0 radical (unpaired) electrons. The van der Waals surface area contributed by atoms with E-state index in [-0.39, 0.29) is 0 Å². The van der Waals surface area contributed by atoms with E-state index in [1.165, 1.54) is 0 Å². The number of hydrogen-bond donors (Lipinski definition) is 0. The minimum absolute atomic E-state index is 0.339. The summed E-state index contributed by atoms with van der Waals surface area (Å²) >= 11 is 0. The fourth-order valence-electron chi connectivity index (χ4n) is 1.35. The van der Waals surface area contributed by atoms with Crippen LogP contribution >= 0.6 is 0 Å². The normalized spacial score (nSPS) is 11.7. The van der Waals surface area contributed by atoms with E-state index in [1.54, 1.807) is 0 Å². The van der Waals surface area contributed by atoms with E-state index in [0.29, 0.717) is 31.8 Å². The zero-order chi connectivity index (χ0) is 13.4. The second-order valence-corrected chi connectivity index (χ2v) is 5.13. The van der Waals surface area contributed by atoms with Gasteiger partial charge in [-0.05, 0) is 26.2 Å². The molecule has 0 saturated carbocycles. The van der Waals surface area contributed by atoms with Gasteiger partial charge in [-0.2, -0.15) is 0 Å². The molecule has 0 fully saturated rings. The van der Waals surface area contributed by atoms with E-state index in [9.17, 15) is 0 Å². The lowest BCUT2D eigenvalue weighted by atomic mass is 10.1. The smallest absolute Gasteiger partial charge is 0.108 e. The molecule has 5 heteroatoms. The highest BCUT2D eigenvalue weighted by Gasteiger charge is 2.03. The van der Waals surface area contributed by atoms with Gasteiger partial charge in [0.1, 0.15) is 5.69 Å². The van der Waals surface area contributed by atoms with Gasteiger partial charge in [0, 0.05) is 12.6 Å². The lowest BCUT2D eigenvalue weighted by molar-refractivity contribution is 0.0361. The lowest BCUT2D eigenvalue weighted by Gasteiger charge is -2.06. The summed E-state index contributed by atoms with van der Waals surface area (Å²) in [7, 11) is 0. The van der Waals surface area contributed by atoms with Gasteiger partial charge in [0.25, 0.3) is 0 Å². The highest BCUT2D eigenvalue weighted by atomic mass is 16.5. The van der Waals surface area contributed by atoms with E-state index in [1.807, 2.05) is 10.9 Å². The molecule has 18 heavy (non-hydrogen) atoms. The van der Waals surface area contributed by atoms with E-state index < -0.39 is 0 Å². The first-order valence-electron chi connectivity index (χ1n) is 6.65. The molecule has 1 aromatic heterocycles. The molecule has 0 amide bonds. The maximum absolute atomic E-state index is 5.48. The van der Waals surface area contributed by atoms with Crippen LogP contribution in [0.4, 0.5) is 0 Å². The molecule has 0 unspecified atom stereocenters. The Morgan fingerprint density at radius 3 is 2.44 bits per heavy atom.